The Morgan fingerprint density at radius 2 is 1.33 bits per heavy atom. The number of hydrogen-bond acceptors (Lipinski definition) is 1. The molecule has 3 nitrogen and oxygen atoms in total. The maximum atomic E-state index is 8.56. The van der Waals surface area contributed by atoms with Gasteiger partial charge in [0, 0.05) is 58.5 Å². The topological polar surface area (TPSA) is 57.5 Å². The molecule has 0 amide bonds. The fourth-order valence-corrected chi connectivity index (χ4v) is 0. The largest absolute Gasteiger partial charge is 0.503 e. The molecule has 0 rings (SSSR count). The van der Waals surface area contributed by atoms with E-state index < -0.39 is 6.16 Å². The first-order valence-corrected chi connectivity index (χ1v) is 0.651. The van der Waals surface area contributed by atoms with Crippen LogP contribution in [0, 0.1) is 41.7 Å². The van der Waals surface area contributed by atoms with Crippen LogP contribution >= 0.6 is 0 Å². The van der Waals surface area contributed by atoms with E-state index in [1.165, 1.54) is 0 Å². The molecule has 0 fully saturated rings. The Morgan fingerprint density at radius 3 is 1.33 bits per heavy atom. The summed E-state index contributed by atoms with van der Waals surface area (Å²) in [6, 6.07) is 0. The third-order valence-electron chi connectivity index (χ3n) is 0. The molecular formula is CH2CeCoO3. The van der Waals surface area contributed by atoms with Crippen LogP contribution in [-0.4, -0.2) is 16.4 Å². The number of hydrogen-bond donors (Lipinski definition) is 2. The van der Waals surface area contributed by atoms with Crippen LogP contribution in [0.1, 0.15) is 0 Å². The van der Waals surface area contributed by atoms with Gasteiger partial charge < -0.3 is 10.2 Å². The average molecular weight is 261 g/mol. The molecule has 0 aromatic carbocycles. The molecule has 0 aliphatic carbocycles. The van der Waals surface area contributed by atoms with Crippen molar-refractivity contribution in [3.8, 4) is 0 Å². The summed E-state index contributed by atoms with van der Waals surface area (Å²) in [6.45, 7) is 0. The molecule has 0 aromatic rings. The zero-order valence-corrected chi connectivity index (χ0v) is 6.82. The van der Waals surface area contributed by atoms with E-state index in [0.29, 0.717) is 0 Å². The quantitative estimate of drug-likeness (QED) is 0.655. The maximum absolute atomic E-state index is 8.56. The van der Waals surface area contributed by atoms with Crippen LogP contribution in [0.5, 0.6) is 0 Å². The molecule has 37 valence electrons. The molecule has 0 spiro atoms. The smallest absolute Gasteiger partial charge is 0.450 e. The average Bonchev–Trinajstić information content (AvgIpc) is 0.811. The van der Waals surface area contributed by atoms with Crippen molar-refractivity contribution in [2.45, 2.75) is 0 Å². The zero-order chi connectivity index (χ0) is 3.58. The monoisotopic (exact) mass is 261 g/mol. The van der Waals surface area contributed by atoms with E-state index >= 15 is 0 Å². The van der Waals surface area contributed by atoms with E-state index in [1.54, 1.807) is 0 Å². The van der Waals surface area contributed by atoms with E-state index in [2.05, 4.69) is 0 Å². The summed E-state index contributed by atoms with van der Waals surface area (Å²) >= 11 is 0. The Bertz CT molecular complexity index is 33.8. The van der Waals surface area contributed by atoms with Crippen LogP contribution in [0.2, 0.25) is 0 Å². The maximum Gasteiger partial charge on any atom is 0.503 e. The summed E-state index contributed by atoms with van der Waals surface area (Å²) in [7, 11) is 0. The Balaban J connectivity index is -0.0000000450. The molecule has 0 heterocycles. The van der Waals surface area contributed by atoms with Gasteiger partial charge in [0.05, 0.1) is 0 Å². The van der Waals surface area contributed by atoms with Crippen LogP contribution < -0.4 is 0 Å². The van der Waals surface area contributed by atoms with E-state index in [1.807, 2.05) is 0 Å². The van der Waals surface area contributed by atoms with Crippen molar-refractivity contribution < 1.29 is 73.5 Å². The van der Waals surface area contributed by atoms with Crippen molar-refractivity contribution in [1.29, 1.82) is 0 Å². The van der Waals surface area contributed by atoms with Gasteiger partial charge in [0.25, 0.3) is 0 Å². The van der Waals surface area contributed by atoms with Gasteiger partial charge in [-0.1, -0.05) is 0 Å². The van der Waals surface area contributed by atoms with Crippen molar-refractivity contribution >= 4 is 6.16 Å². The summed E-state index contributed by atoms with van der Waals surface area (Å²) in [5.41, 5.74) is 0. The first-order chi connectivity index (χ1) is 1.73. The van der Waals surface area contributed by atoms with Crippen LogP contribution in [-0.2, 0) is 16.8 Å². The predicted molar refractivity (Wildman–Crippen MR) is 10.7 cm³/mol. The van der Waals surface area contributed by atoms with Gasteiger partial charge in [0.2, 0.25) is 0 Å². The molecule has 0 saturated carbocycles. The van der Waals surface area contributed by atoms with Gasteiger partial charge >= 0.3 is 6.16 Å². The van der Waals surface area contributed by atoms with Crippen LogP contribution in [0.25, 0.3) is 0 Å². The zero-order valence-electron chi connectivity index (χ0n) is 2.64. The molecule has 1 radical (unpaired) electrons. The van der Waals surface area contributed by atoms with Gasteiger partial charge in [-0.25, -0.2) is 4.79 Å². The second kappa shape index (κ2) is 9.47. The van der Waals surface area contributed by atoms with Crippen molar-refractivity contribution in [3.63, 3.8) is 0 Å². The van der Waals surface area contributed by atoms with E-state index in [-0.39, 0.29) is 58.5 Å². The fraction of sp³-hybridized carbons (Fsp3) is 0. The first-order valence-electron chi connectivity index (χ1n) is 0.651. The van der Waals surface area contributed by atoms with E-state index in [9.17, 15) is 0 Å². The summed E-state index contributed by atoms with van der Waals surface area (Å²) in [5, 5.41) is 13.9. The summed E-state index contributed by atoms with van der Waals surface area (Å²) in [4.78, 5) is 8.56. The van der Waals surface area contributed by atoms with Crippen molar-refractivity contribution in [2.24, 2.45) is 0 Å². The van der Waals surface area contributed by atoms with Gasteiger partial charge in [0.1, 0.15) is 0 Å². The standard InChI is InChI=1S/CH2O3.Ce.Co/c2-1(3)4;;/h(H2,2,3,4);;. The Morgan fingerprint density at radius 1 is 1.33 bits per heavy atom. The van der Waals surface area contributed by atoms with Gasteiger partial charge in [-0.15, -0.1) is 0 Å². The normalized spacial score (nSPS) is 4.00. The summed E-state index contributed by atoms with van der Waals surface area (Å²) in [5.74, 6) is 0. The molecule has 5 heteroatoms. The van der Waals surface area contributed by atoms with Gasteiger partial charge in [-0.2, -0.15) is 0 Å². The first kappa shape index (κ1) is 15.7. The molecular weight excluding hydrogens is 259 g/mol. The van der Waals surface area contributed by atoms with Gasteiger partial charge in [-0.3, -0.25) is 0 Å². The minimum Gasteiger partial charge on any atom is -0.450 e. The third-order valence-corrected chi connectivity index (χ3v) is 0. The number of carboxylic acid groups (broad SMARTS) is 2. The third kappa shape index (κ3) is 66.8. The molecule has 6 heavy (non-hydrogen) atoms. The van der Waals surface area contributed by atoms with Crippen molar-refractivity contribution in [1.82, 2.24) is 0 Å². The van der Waals surface area contributed by atoms with Gasteiger partial charge in [0.15, 0.2) is 0 Å². The molecule has 2 N–H and O–H groups in total. The fourth-order valence-electron chi connectivity index (χ4n) is 0. The molecule has 0 bridgehead atoms. The molecule has 0 aliphatic heterocycles. The summed E-state index contributed by atoms with van der Waals surface area (Å²) < 4.78 is 0. The van der Waals surface area contributed by atoms with Crippen LogP contribution in [0.15, 0.2) is 0 Å². The van der Waals surface area contributed by atoms with Crippen molar-refractivity contribution in [3.05, 3.63) is 0 Å². The second-order valence-electron chi connectivity index (χ2n) is 0.283. The van der Waals surface area contributed by atoms with Gasteiger partial charge in [-0.05, 0) is 0 Å². The molecule has 0 aliphatic rings. The minimum atomic E-state index is -1.83. The van der Waals surface area contributed by atoms with Crippen molar-refractivity contribution in [2.75, 3.05) is 0 Å². The second-order valence-corrected chi connectivity index (χ2v) is 0.283. The van der Waals surface area contributed by atoms with E-state index in [4.69, 9.17) is 15.0 Å². The molecule has 0 atom stereocenters. The number of carbonyl (C=O) groups is 1. The Hall–Kier alpha value is 1.15. The minimum absolute atomic E-state index is 0. The predicted octanol–water partition coefficient (Wildman–Crippen LogP) is 0.220. The molecule has 0 saturated heterocycles. The Labute approximate surface area is 78.7 Å². The van der Waals surface area contributed by atoms with Crippen LogP contribution in [0.3, 0.4) is 0 Å². The number of rotatable bonds is 0. The molecule has 0 aromatic heterocycles. The molecule has 0 unspecified atom stereocenters. The van der Waals surface area contributed by atoms with Crippen LogP contribution in [0.4, 0.5) is 4.79 Å². The Kier molecular flexibility index (Phi) is 24.8. The summed E-state index contributed by atoms with van der Waals surface area (Å²) in [6.07, 6.45) is -1.83. The van der Waals surface area contributed by atoms with E-state index in [0.717, 1.165) is 0 Å². The SMILES string of the molecule is O=C(O)O.[Ce].[Co].